The van der Waals surface area contributed by atoms with Crippen LogP contribution in [-0.2, 0) is 18.9 Å². The summed E-state index contributed by atoms with van der Waals surface area (Å²) in [6.07, 6.45) is 1.33. The summed E-state index contributed by atoms with van der Waals surface area (Å²) in [5.41, 5.74) is 0. The summed E-state index contributed by atoms with van der Waals surface area (Å²) >= 11 is 0. The fourth-order valence-electron chi connectivity index (χ4n) is 2.16. The van der Waals surface area contributed by atoms with Crippen LogP contribution >= 0.6 is 0 Å². The highest BCUT2D eigenvalue weighted by Crippen LogP contribution is 2.24. The Kier molecular flexibility index (Phi) is 8.65. The van der Waals surface area contributed by atoms with E-state index in [1.165, 1.54) is 0 Å². The Labute approximate surface area is 130 Å². The normalized spacial score (nSPS) is 21.3. The highest BCUT2D eigenvalue weighted by atomic mass is 16.7. The number of carbonyl (C=O) groups is 2. The average molecular weight is 318 g/mol. The van der Waals surface area contributed by atoms with E-state index < -0.39 is 12.3 Å². The highest BCUT2D eigenvalue weighted by molar-refractivity contribution is 5.60. The lowest BCUT2D eigenvalue weighted by Gasteiger charge is -2.28. The summed E-state index contributed by atoms with van der Waals surface area (Å²) in [5.74, 6) is 0.463. The molecule has 0 aromatic carbocycles. The van der Waals surface area contributed by atoms with Crippen molar-refractivity contribution in [1.29, 1.82) is 0 Å². The van der Waals surface area contributed by atoms with Crippen LogP contribution in [0.3, 0.4) is 0 Å². The van der Waals surface area contributed by atoms with Gasteiger partial charge < -0.3 is 24.1 Å². The lowest BCUT2D eigenvalue weighted by atomic mass is 9.95. The third kappa shape index (κ3) is 8.07. The first-order valence-electron chi connectivity index (χ1n) is 7.79. The molecule has 1 aliphatic rings. The van der Waals surface area contributed by atoms with Crippen LogP contribution in [0, 0.1) is 5.92 Å². The molecule has 0 aliphatic heterocycles. The number of aliphatic hydroxyl groups excluding tert-OH is 1. The third-order valence-electron chi connectivity index (χ3n) is 3.33. The number of hydrogen-bond donors (Lipinski definition) is 1. The lowest BCUT2D eigenvalue weighted by Crippen LogP contribution is -2.32. The fraction of sp³-hybridized carbons (Fsp3) is 0.867. The maximum Gasteiger partial charge on any atom is 0.508 e. The van der Waals surface area contributed by atoms with Gasteiger partial charge in [0.05, 0.1) is 13.2 Å². The van der Waals surface area contributed by atoms with Gasteiger partial charge in [-0.25, -0.2) is 9.59 Å². The van der Waals surface area contributed by atoms with Crippen LogP contribution < -0.4 is 0 Å². The van der Waals surface area contributed by atoms with Crippen molar-refractivity contribution in [1.82, 2.24) is 0 Å². The molecule has 0 aromatic rings. The maximum atomic E-state index is 11.6. The van der Waals surface area contributed by atoms with Crippen LogP contribution in [0.1, 0.15) is 46.0 Å². The van der Waals surface area contributed by atoms with Crippen LogP contribution in [0.15, 0.2) is 0 Å². The first-order valence-corrected chi connectivity index (χ1v) is 7.79. The minimum Gasteiger partial charge on any atom is -0.434 e. The smallest absolute Gasteiger partial charge is 0.434 e. The summed E-state index contributed by atoms with van der Waals surface area (Å²) < 4.78 is 20.0. The molecule has 1 N–H and O–H groups in total. The van der Waals surface area contributed by atoms with Gasteiger partial charge in [-0.2, -0.15) is 0 Å². The van der Waals surface area contributed by atoms with Gasteiger partial charge in [0.1, 0.15) is 18.8 Å². The Bertz CT molecular complexity index is 343. The second-order valence-corrected chi connectivity index (χ2v) is 5.75. The zero-order valence-corrected chi connectivity index (χ0v) is 13.3. The molecule has 0 bridgehead atoms. The molecular formula is C15H26O7. The first-order chi connectivity index (χ1) is 10.5. The molecule has 1 rings (SSSR count). The maximum absolute atomic E-state index is 11.6. The third-order valence-corrected chi connectivity index (χ3v) is 3.33. The van der Waals surface area contributed by atoms with Gasteiger partial charge in [0.15, 0.2) is 0 Å². The minimum atomic E-state index is -0.806. The van der Waals surface area contributed by atoms with E-state index in [4.69, 9.17) is 19.3 Å². The summed E-state index contributed by atoms with van der Waals surface area (Å²) in [7, 11) is 0. The van der Waals surface area contributed by atoms with Crippen LogP contribution in [0.4, 0.5) is 9.59 Å². The highest BCUT2D eigenvalue weighted by Gasteiger charge is 2.28. The molecule has 0 heterocycles. The molecule has 7 nitrogen and oxygen atoms in total. The molecule has 1 aliphatic carbocycles. The van der Waals surface area contributed by atoms with Crippen molar-refractivity contribution >= 4 is 12.3 Å². The van der Waals surface area contributed by atoms with Crippen molar-refractivity contribution < 1.29 is 33.6 Å². The Morgan fingerprint density at radius 3 is 2.09 bits per heavy atom. The van der Waals surface area contributed by atoms with Crippen LogP contribution in [0.5, 0.6) is 0 Å². The topological polar surface area (TPSA) is 91.3 Å². The summed E-state index contributed by atoms with van der Waals surface area (Å²) in [4.78, 5) is 22.9. The number of aliphatic hydroxyl groups is 1. The largest absolute Gasteiger partial charge is 0.508 e. The molecule has 0 saturated heterocycles. The van der Waals surface area contributed by atoms with E-state index >= 15 is 0 Å². The molecule has 0 aromatic heterocycles. The standard InChI is InChI=1S/C15H26O7/c1-11(2)6-8-19-14(17)21-12-4-3-5-13(10-12)22-15(18)20-9-7-16/h11-13,16H,3-10H2,1-2H3. The average Bonchev–Trinajstić information content (AvgIpc) is 2.45. The minimum absolute atomic E-state index is 0.0896. The predicted molar refractivity (Wildman–Crippen MR) is 77.5 cm³/mol. The first kappa shape index (κ1) is 18.5. The van der Waals surface area contributed by atoms with Gasteiger partial charge in [-0.15, -0.1) is 0 Å². The van der Waals surface area contributed by atoms with Crippen molar-refractivity contribution in [2.45, 2.75) is 58.2 Å². The van der Waals surface area contributed by atoms with E-state index in [9.17, 15) is 9.59 Å². The van der Waals surface area contributed by atoms with E-state index in [1.807, 2.05) is 13.8 Å². The Morgan fingerprint density at radius 1 is 1.05 bits per heavy atom. The zero-order valence-electron chi connectivity index (χ0n) is 13.3. The molecule has 1 fully saturated rings. The molecule has 0 spiro atoms. The molecule has 128 valence electrons. The Balaban J connectivity index is 2.24. The van der Waals surface area contributed by atoms with Crippen LogP contribution in [-0.4, -0.2) is 49.4 Å². The summed E-state index contributed by atoms with van der Waals surface area (Å²) in [6.45, 7) is 4.11. The Morgan fingerprint density at radius 2 is 1.59 bits per heavy atom. The fourth-order valence-corrected chi connectivity index (χ4v) is 2.16. The molecule has 2 unspecified atom stereocenters. The van der Waals surface area contributed by atoms with E-state index in [0.717, 1.165) is 19.3 Å². The molecule has 0 radical (unpaired) electrons. The van der Waals surface area contributed by atoms with Gasteiger partial charge in [-0.3, -0.25) is 0 Å². The van der Waals surface area contributed by atoms with Gasteiger partial charge in [-0.05, 0) is 31.6 Å². The number of carbonyl (C=O) groups excluding carboxylic acids is 2. The second kappa shape index (κ2) is 10.3. The van der Waals surface area contributed by atoms with Crippen molar-refractivity contribution in [3.8, 4) is 0 Å². The van der Waals surface area contributed by atoms with Crippen LogP contribution in [0.2, 0.25) is 0 Å². The van der Waals surface area contributed by atoms with E-state index in [1.54, 1.807) is 0 Å². The van der Waals surface area contributed by atoms with Gasteiger partial charge >= 0.3 is 12.3 Å². The molecule has 2 atom stereocenters. The van der Waals surface area contributed by atoms with Gasteiger partial charge in [0, 0.05) is 6.42 Å². The van der Waals surface area contributed by atoms with Gasteiger partial charge in [-0.1, -0.05) is 13.8 Å². The van der Waals surface area contributed by atoms with E-state index in [2.05, 4.69) is 4.74 Å². The SMILES string of the molecule is CC(C)CCOC(=O)OC1CCCC(OC(=O)OCCO)C1. The van der Waals surface area contributed by atoms with Crippen LogP contribution in [0.25, 0.3) is 0 Å². The van der Waals surface area contributed by atoms with Gasteiger partial charge in [0.2, 0.25) is 0 Å². The zero-order chi connectivity index (χ0) is 16.4. The summed E-state index contributed by atoms with van der Waals surface area (Å²) in [6, 6.07) is 0. The second-order valence-electron chi connectivity index (χ2n) is 5.75. The lowest BCUT2D eigenvalue weighted by molar-refractivity contribution is -0.0371. The number of ether oxygens (including phenoxy) is 4. The molecule has 7 heteroatoms. The van der Waals surface area contributed by atoms with Crippen molar-refractivity contribution in [3.63, 3.8) is 0 Å². The molecule has 1 saturated carbocycles. The summed E-state index contributed by atoms with van der Waals surface area (Å²) in [5, 5.41) is 8.56. The quantitative estimate of drug-likeness (QED) is 0.721. The van der Waals surface area contributed by atoms with E-state index in [0.29, 0.717) is 25.4 Å². The van der Waals surface area contributed by atoms with Crippen molar-refractivity contribution in [2.75, 3.05) is 19.8 Å². The van der Waals surface area contributed by atoms with Crippen molar-refractivity contribution in [3.05, 3.63) is 0 Å². The van der Waals surface area contributed by atoms with Gasteiger partial charge in [0.25, 0.3) is 0 Å². The molecular weight excluding hydrogens is 292 g/mol. The predicted octanol–water partition coefficient (Wildman–Crippen LogP) is 2.64. The monoisotopic (exact) mass is 318 g/mol. The van der Waals surface area contributed by atoms with Crippen molar-refractivity contribution in [2.24, 2.45) is 5.92 Å². The molecule has 22 heavy (non-hydrogen) atoms. The Hall–Kier alpha value is -1.50. The van der Waals surface area contributed by atoms with E-state index in [-0.39, 0.29) is 25.4 Å². The number of rotatable bonds is 7. The molecule has 0 amide bonds. The number of hydrogen-bond acceptors (Lipinski definition) is 7.